The zero-order valence-corrected chi connectivity index (χ0v) is 15.8. The molecular formula is C12H11Cl2N3PtS2. The van der Waals surface area contributed by atoms with Crippen molar-refractivity contribution in [3.63, 3.8) is 0 Å². The second kappa shape index (κ2) is 10.5. The van der Waals surface area contributed by atoms with Crippen molar-refractivity contribution in [2.75, 3.05) is 6.26 Å². The topological polar surface area (TPSA) is 39.4 Å². The van der Waals surface area contributed by atoms with Gasteiger partial charge in [-0.05, 0) is 17.7 Å². The van der Waals surface area contributed by atoms with E-state index < -0.39 is 16.5 Å². The van der Waals surface area contributed by atoms with Crippen molar-refractivity contribution in [2.45, 2.75) is 0 Å². The minimum absolute atomic E-state index is 0.472. The molecule has 20 heavy (non-hydrogen) atoms. The average molecular weight is 527 g/mol. The van der Waals surface area contributed by atoms with Gasteiger partial charge in [0.25, 0.3) is 0 Å². The van der Waals surface area contributed by atoms with Crippen molar-refractivity contribution in [1.82, 2.24) is 4.98 Å². The van der Waals surface area contributed by atoms with Crippen LogP contribution in [0.5, 0.6) is 0 Å². The molecule has 0 saturated heterocycles. The van der Waals surface area contributed by atoms with E-state index in [1.165, 1.54) is 11.8 Å². The summed E-state index contributed by atoms with van der Waals surface area (Å²) in [5.74, 6) is 0. The number of thiol groups is 1. The molecule has 0 aliphatic carbocycles. The van der Waals surface area contributed by atoms with Gasteiger partial charge in [-0.2, -0.15) is 0 Å². The molecule has 110 valence electrons. The van der Waals surface area contributed by atoms with Crippen molar-refractivity contribution < 1.29 is 16.5 Å². The maximum absolute atomic E-state index is 4.88. The summed E-state index contributed by atoms with van der Waals surface area (Å²) < 4.78 is 0.626. The van der Waals surface area contributed by atoms with E-state index in [4.69, 9.17) is 18.8 Å². The molecule has 0 unspecified atom stereocenters. The molecule has 0 atom stereocenters. The summed E-state index contributed by atoms with van der Waals surface area (Å²) in [5.41, 5.74) is 4.73. The Kier molecular flexibility index (Phi) is 9.40. The van der Waals surface area contributed by atoms with Gasteiger partial charge in [-0.1, -0.05) is 36.0 Å². The number of hydrogen-bond acceptors (Lipinski definition) is 3. The third-order valence-electron chi connectivity index (χ3n) is 2.21. The van der Waals surface area contributed by atoms with Crippen LogP contribution in [-0.2, 0) is 28.7 Å². The van der Waals surface area contributed by atoms with Gasteiger partial charge in [0.2, 0.25) is 0 Å². The Morgan fingerprint density at radius 3 is 2.80 bits per heavy atom. The second-order valence-corrected chi connectivity index (χ2v) is 8.10. The van der Waals surface area contributed by atoms with E-state index in [9.17, 15) is 0 Å². The van der Waals surface area contributed by atoms with Crippen LogP contribution in [0.4, 0.5) is 0 Å². The normalized spacial score (nSPS) is 10.3. The number of fused-ring (bicyclic) bond motifs is 1. The number of pyridine rings is 1. The molecule has 0 N–H and O–H groups in total. The van der Waals surface area contributed by atoms with E-state index in [0.717, 1.165) is 16.5 Å². The third-order valence-corrected chi connectivity index (χ3v) is 3.29. The zero-order valence-electron chi connectivity index (χ0n) is 10.3. The molecule has 0 fully saturated rings. The Hall–Kier alpha value is -0.192. The Labute approximate surface area is 143 Å². The Balaban J connectivity index is 0.000000612. The van der Waals surface area contributed by atoms with Gasteiger partial charge in [0.1, 0.15) is 0 Å². The van der Waals surface area contributed by atoms with Gasteiger partial charge in [-0.3, -0.25) is 4.98 Å². The molecule has 1 aromatic heterocycles. The average Bonchev–Trinajstić information content (AvgIpc) is 2.48. The molecule has 2 rings (SSSR count). The van der Waals surface area contributed by atoms with Crippen LogP contribution in [0.15, 0.2) is 41.6 Å². The van der Waals surface area contributed by atoms with E-state index >= 15 is 0 Å². The van der Waals surface area contributed by atoms with Crippen LogP contribution in [0.3, 0.4) is 0 Å². The minimum atomic E-state index is -0.472. The van der Waals surface area contributed by atoms with Crippen molar-refractivity contribution in [2.24, 2.45) is 5.10 Å². The van der Waals surface area contributed by atoms with E-state index in [1.807, 2.05) is 36.6 Å². The van der Waals surface area contributed by atoms with Gasteiger partial charge in [0.05, 0.1) is 5.69 Å². The third kappa shape index (κ3) is 6.06. The first-order valence-corrected chi connectivity index (χ1v) is 12.5. The van der Waals surface area contributed by atoms with Crippen LogP contribution in [0.1, 0.15) is 5.69 Å². The molecule has 8 heteroatoms. The van der Waals surface area contributed by atoms with Crippen LogP contribution in [-0.4, -0.2) is 21.8 Å². The summed E-state index contributed by atoms with van der Waals surface area (Å²) in [7, 11) is 9.75. The monoisotopic (exact) mass is 526 g/mol. The zero-order chi connectivity index (χ0) is 14.8. The molecule has 0 aliphatic rings. The maximum atomic E-state index is 4.88. The Bertz CT molecular complexity index is 590. The summed E-state index contributed by atoms with van der Waals surface area (Å²) >= 11 is 5.10. The number of rotatable bonds is 2. The van der Waals surface area contributed by atoms with Crippen LogP contribution < -0.4 is 0 Å². The summed E-state index contributed by atoms with van der Waals surface area (Å²) in [6.45, 7) is 0. The molecule has 2 aromatic rings. The molecule has 3 nitrogen and oxygen atoms in total. The van der Waals surface area contributed by atoms with Crippen molar-refractivity contribution in [1.29, 1.82) is 0 Å². The number of halogens is 2. The fourth-order valence-electron chi connectivity index (χ4n) is 1.42. The number of benzene rings is 1. The number of nitrogens with zero attached hydrogens (tertiary/aromatic N) is 3. The predicted molar refractivity (Wildman–Crippen MR) is 91.7 cm³/mol. The van der Waals surface area contributed by atoms with E-state index in [2.05, 4.69) is 27.7 Å². The summed E-state index contributed by atoms with van der Waals surface area (Å²) in [6.07, 6.45) is 5.32. The molecule has 1 heterocycles. The molecule has 0 aliphatic heterocycles. The Morgan fingerprint density at radius 2 is 2.10 bits per heavy atom. The predicted octanol–water partition coefficient (Wildman–Crippen LogP) is 4.05. The van der Waals surface area contributed by atoms with Gasteiger partial charge < -0.3 is 10.5 Å². The van der Waals surface area contributed by atoms with Gasteiger partial charge in [0, 0.05) is 17.8 Å². The second-order valence-electron chi connectivity index (χ2n) is 3.29. The molecule has 0 spiro atoms. The first kappa shape index (κ1) is 17.9. The number of aromatic nitrogens is 1. The quantitative estimate of drug-likeness (QED) is 0.195. The van der Waals surface area contributed by atoms with Crippen molar-refractivity contribution in [3.8, 4) is 0 Å². The van der Waals surface area contributed by atoms with Crippen LogP contribution in [0.2, 0.25) is 0 Å². The summed E-state index contributed by atoms with van der Waals surface area (Å²) in [5, 5.41) is 6.18. The van der Waals surface area contributed by atoms with Gasteiger partial charge in [0.15, 0.2) is 16.5 Å². The standard InChI is InChI=1S/C12H11N3S2.2ClH.Pt/c1-17-12(16)15-14-8-11-10-5-3-2-4-9(10)6-7-13-11;;;/h2-8H,1H3,(H,13,15,16);2*1H;/q;;;+2/p-2. The first-order valence-electron chi connectivity index (χ1n) is 5.23. The van der Waals surface area contributed by atoms with Gasteiger partial charge >= 0.3 is 35.3 Å². The molecule has 0 radical (unpaired) electrons. The fraction of sp³-hybridized carbons (Fsp3) is 0.0833. The van der Waals surface area contributed by atoms with E-state index in [1.54, 1.807) is 12.4 Å². The molecule has 0 amide bonds. The van der Waals surface area contributed by atoms with Crippen molar-refractivity contribution >= 4 is 64.1 Å². The van der Waals surface area contributed by atoms with E-state index in [-0.39, 0.29) is 0 Å². The molecule has 0 bridgehead atoms. The fourth-order valence-corrected chi connectivity index (χ4v) is 1.60. The van der Waals surface area contributed by atoms with Gasteiger partial charge in [-0.25, -0.2) is 0 Å². The van der Waals surface area contributed by atoms with Crippen LogP contribution in [0, 0.1) is 0 Å². The number of thioether (sulfide) groups is 1. The van der Waals surface area contributed by atoms with E-state index in [0.29, 0.717) is 4.32 Å². The number of hydrogen-bond donors (Lipinski definition) is 0. The van der Waals surface area contributed by atoms with Gasteiger partial charge in [-0.15, -0.1) is 0 Å². The Morgan fingerprint density at radius 1 is 1.40 bits per heavy atom. The van der Waals surface area contributed by atoms with Crippen molar-refractivity contribution in [3.05, 3.63) is 47.6 Å². The van der Waals surface area contributed by atoms with Crippen LogP contribution in [0.25, 0.3) is 16.2 Å². The molecule has 0 saturated carbocycles. The first-order chi connectivity index (χ1) is 9.72. The summed E-state index contributed by atoms with van der Waals surface area (Å²) in [4.78, 5) is 4.28. The summed E-state index contributed by atoms with van der Waals surface area (Å²) in [6, 6.07) is 10.0. The molecule has 1 aromatic carbocycles. The SMILES string of the molecule is CSC(=[SH+])[N-]N=Cc1nccc2ccccc12.[Cl][Pt][Cl]. The van der Waals surface area contributed by atoms with Crippen LogP contribution >= 0.6 is 30.6 Å². The molecular weight excluding hydrogens is 516 g/mol.